The van der Waals surface area contributed by atoms with Crippen LogP contribution in [-0.4, -0.2) is 43.8 Å². The first-order valence-corrected chi connectivity index (χ1v) is 7.61. The van der Waals surface area contributed by atoms with Gasteiger partial charge < -0.3 is 15.4 Å². The molecule has 1 aliphatic rings. The van der Waals surface area contributed by atoms with E-state index in [2.05, 4.69) is 18.7 Å². The molecule has 3 heteroatoms. The molecule has 0 spiro atoms. The van der Waals surface area contributed by atoms with Crippen molar-refractivity contribution in [2.24, 2.45) is 11.7 Å². The Bertz CT molecular complexity index is 223. The zero-order valence-electron chi connectivity index (χ0n) is 12.6. The van der Waals surface area contributed by atoms with Crippen LogP contribution < -0.4 is 5.73 Å². The fourth-order valence-corrected chi connectivity index (χ4v) is 3.06. The summed E-state index contributed by atoms with van der Waals surface area (Å²) < 4.78 is 5.64. The summed E-state index contributed by atoms with van der Waals surface area (Å²) in [7, 11) is 1.85. The van der Waals surface area contributed by atoms with E-state index in [1.165, 1.54) is 51.6 Å². The topological polar surface area (TPSA) is 38.5 Å². The number of ether oxygens (including phenoxy) is 1. The zero-order chi connectivity index (χ0) is 13.4. The van der Waals surface area contributed by atoms with Crippen molar-refractivity contribution in [1.82, 2.24) is 4.90 Å². The average Bonchev–Trinajstić information content (AvgIpc) is 2.38. The minimum atomic E-state index is 0.0830. The predicted octanol–water partition coefficient (Wildman–Crippen LogP) is 2.64. The quantitative estimate of drug-likeness (QED) is 0.725. The third-order valence-electron chi connectivity index (χ3n) is 4.47. The van der Waals surface area contributed by atoms with Crippen molar-refractivity contribution in [3.63, 3.8) is 0 Å². The van der Waals surface area contributed by atoms with Gasteiger partial charge in [-0.1, -0.05) is 13.3 Å². The van der Waals surface area contributed by atoms with Gasteiger partial charge in [0.25, 0.3) is 0 Å². The molecule has 0 amide bonds. The Balaban J connectivity index is 2.22. The normalized spacial score (nSPS) is 27.3. The van der Waals surface area contributed by atoms with Gasteiger partial charge in [-0.15, -0.1) is 0 Å². The molecule has 0 aromatic carbocycles. The Morgan fingerprint density at radius 2 is 2.17 bits per heavy atom. The van der Waals surface area contributed by atoms with Gasteiger partial charge in [0.05, 0.1) is 5.60 Å². The third-order valence-corrected chi connectivity index (χ3v) is 4.47. The number of nitrogens with two attached hydrogens (primary N) is 1. The van der Waals surface area contributed by atoms with Gasteiger partial charge in [0.15, 0.2) is 0 Å². The van der Waals surface area contributed by atoms with E-state index >= 15 is 0 Å². The molecule has 18 heavy (non-hydrogen) atoms. The van der Waals surface area contributed by atoms with Crippen molar-refractivity contribution in [3.05, 3.63) is 0 Å². The van der Waals surface area contributed by atoms with Gasteiger partial charge >= 0.3 is 0 Å². The van der Waals surface area contributed by atoms with Gasteiger partial charge in [0.1, 0.15) is 0 Å². The van der Waals surface area contributed by atoms with Crippen molar-refractivity contribution in [2.45, 2.75) is 58.0 Å². The molecule has 108 valence electrons. The second-order valence-corrected chi connectivity index (χ2v) is 6.03. The average molecular weight is 256 g/mol. The SMILES string of the molecule is CCC(CCN)CCCN1CCCC(C)(OC)C1. The summed E-state index contributed by atoms with van der Waals surface area (Å²) >= 11 is 0. The highest BCUT2D eigenvalue weighted by Gasteiger charge is 2.30. The Morgan fingerprint density at radius 3 is 2.78 bits per heavy atom. The molecule has 0 saturated carbocycles. The van der Waals surface area contributed by atoms with Gasteiger partial charge in [-0.3, -0.25) is 0 Å². The second kappa shape index (κ2) is 8.13. The van der Waals surface area contributed by atoms with Gasteiger partial charge in [-0.25, -0.2) is 0 Å². The fourth-order valence-electron chi connectivity index (χ4n) is 3.06. The molecular formula is C15H32N2O. The summed E-state index contributed by atoms with van der Waals surface area (Å²) in [6.07, 6.45) is 7.56. The number of methoxy groups -OCH3 is 1. The molecule has 0 aromatic rings. The van der Waals surface area contributed by atoms with Crippen molar-refractivity contribution >= 4 is 0 Å². The Kier molecular flexibility index (Phi) is 7.20. The highest BCUT2D eigenvalue weighted by molar-refractivity contribution is 4.84. The maximum absolute atomic E-state index is 5.65. The van der Waals surface area contributed by atoms with E-state index < -0.39 is 0 Å². The molecule has 0 radical (unpaired) electrons. The largest absolute Gasteiger partial charge is 0.377 e. The lowest BCUT2D eigenvalue weighted by Crippen LogP contribution is -2.47. The number of hydrogen-bond donors (Lipinski definition) is 1. The van der Waals surface area contributed by atoms with Crippen LogP contribution in [-0.2, 0) is 4.74 Å². The molecule has 2 unspecified atom stereocenters. The maximum atomic E-state index is 5.65. The summed E-state index contributed by atoms with van der Waals surface area (Å²) in [5.41, 5.74) is 5.73. The Hall–Kier alpha value is -0.120. The smallest absolute Gasteiger partial charge is 0.0777 e. The first-order valence-electron chi connectivity index (χ1n) is 7.61. The van der Waals surface area contributed by atoms with Crippen LogP contribution in [0.4, 0.5) is 0 Å². The molecular weight excluding hydrogens is 224 g/mol. The van der Waals surface area contributed by atoms with Gasteiger partial charge in [-0.2, -0.15) is 0 Å². The van der Waals surface area contributed by atoms with Crippen LogP contribution in [0.3, 0.4) is 0 Å². The molecule has 1 fully saturated rings. The zero-order valence-corrected chi connectivity index (χ0v) is 12.6. The van der Waals surface area contributed by atoms with Crippen molar-refractivity contribution in [2.75, 3.05) is 33.3 Å². The van der Waals surface area contributed by atoms with E-state index in [0.717, 1.165) is 19.0 Å². The monoisotopic (exact) mass is 256 g/mol. The molecule has 2 atom stereocenters. The number of hydrogen-bond acceptors (Lipinski definition) is 3. The lowest BCUT2D eigenvalue weighted by atomic mass is 9.93. The van der Waals surface area contributed by atoms with E-state index in [1.807, 2.05) is 7.11 Å². The maximum Gasteiger partial charge on any atom is 0.0777 e. The number of nitrogens with zero attached hydrogens (tertiary/aromatic N) is 1. The molecule has 1 aliphatic heterocycles. The molecule has 0 aliphatic carbocycles. The first kappa shape index (κ1) is 15.9. The van der Waals surface area contributed by atoms with E-state index in [4.69, 9.17) is 10.5 Å². The summed E-state index contributed by atoms with van der Waals surface area (Å²) in [6, 6.07) is 0. The summed E-state index contributed by atoms with van der Waals surface area (Å²) in [6.45, 7) is 8.92. The van der Waals surface area contributed by atoms with Crippen LogP contribution in [0.5, 0.6) is 0 Å². The molecule has 1 heterocycles. The molecule has 3 nitrogen and oxygen atoms in total. The second-order valence-electron chi connectivity index (χ2n) is 6.03. The van der Waals surface area contributed by atoms with Crippen LogP contribution in [0.15, 0.2) is 0 Å². The third kappa shape index (κ3) is 5.25. The highest BCUT2D eigenvalue weighted by Crippen LogP contribution is 2.24. The highest BCUT2D eigenvalue weighted by atomic mass is 16.5. The van der Waals surface area contributed by atoms with Crippen LogP contribution in [0, 0.1) is 5.92 Å². The van der Waals surface area contributed by atoms with Crippen LogP contribution in [0.1, 0.15) is 52.4 Å². The van der Waals surface area contributed by atoms with Gasteiger partial charge in [-0.05, 0) is 64.6 Å². The molecule has 2 N–H and O–H groups in total. The Morgan fingerprint density at radius 1 is 1.39 bits per heavy atom. The van der Waals surface area contributed by atoms with Gasteiger partial charge in [0.2, 0.25) is 0 Å². The minimum absolute atomic E-state index is 0.0830. The molecule has 0 aromatic heterocycles. The fraction of sp³-hybridized carbons (Fsp3) is 1.00. The van der Waals surface area contributed by atoms with Crippen molar-refractivity contribution in [1.29, 1.82) is 0 Å². The lowest BCUT2D eigenvalue weighted by molar-refractivity contribution is -0.0510. The van der Waals surface area contributed by atoms with Crippen LogP contribution in [0.2, 0.25) is 0 Å². The summed E-state index contributed by atoms with van der Waals surface area (Å²) in [4.78, 5) is 2.57. The summed E-state index contributed by atoms with van der Waals surface area (Å²) in [5, 5.41) is 0. The number of rotatable bonds is 8. The molecule has 1 rings (SSSR count). The standard InChI is InChI=1S/C15H32N2O/c1-4-14(8-10-16)7-5-11-17-12-6-9-15(2,13-17)18-3/h14H,4-13,16H2,1-3H3. The van der Waals surface area contributed by atoms with Crippen LogP contribution in [0.25, 0.3) is 0 Å². The predicted molar refractivity (Wildman–Crippen MR) is 77.8 cm³/mol. The summed E-state index contributed by atoms with van der Waals surface area (Å²) in [5.74, 6) is 0.827. The van der Waals surface area contributed by atoms with Crippen molar-refractivity contribution in [3.8, 4) is 0 Å². The van der Waals surface area contributed by atoms with Gasteiger partial charge in [0, 0.05) is 13.7 Å². The van der Waals surface area contributed by atoms with E-state index in [0.29, 0.717) is 0 Å². The molecule has 0 bridgehead atoms. The van der Waals surface area contributed by atoms with E-state index in [9.17, 15) is 0 Å². The first-order chi connectivity index (χ1) is 8.63. The molecule has 1 saturated heterocycles. The number of likely N-dealkylation sites (tertiary alicyclic amines) is 1. The minimum Gasteiger partial charge on any atom is -0.377 e. The van der Waals surface area contributed by atoms with E-state index in [-0.39, 0.29) is 5.60 Å². The Labute approximate surface area is 113 Å². The van der Waals surface area contributed by atoms with Crippen molar-refractivity contribution < 1.29 is 4.74 Å². The lowest BCUT2D eigenvalue weighted by Gasteiger charge is -2.39. The van der Waals surface area contributed by atoms with E-state index in [1.54, 1.807) is 0 Å². The number of piperidine rings is 1. The van der Waals surface area contributed by atoms with Crippen LogP contribution >= 0.6 is 0 Å².